The molecule has 31 heavy (non-hydrogen) atoms. The van der Waals surface area contributed by atoms with Crippen molar-refractivity contribution in [2.24, 2.45) is 0 Å². The van der Waals surface area contributed by atoms with Crippen LogP contribution in [-0.2, 0) is 14.6 Å². The summed E-state index contributed by atoms with van der Waals surface area (Å²) in [5, 5.41) is 1.75. The number of benzene rings is 2. The highest BCUT2D eigenvalue weighted by Crippen LogP contribution is 2.33. The van der Waals surface area contributed by atoms with Crippen molar-refractivity contribution in [1.29, 1.82) is 0 Å². The highest BCUT2D eigenvalue weighted by molar-refractivity contribution is 7.99. The summed E-state index contributed by atoms with van der Waals surface area (Å²) in [7, 11) is 0.270. The molecular formula is C23H24N2O4S2. The minimum atomic E-state index is -3.03. The Balaban J connectivity index is 1.59. The van der Waals surface area contributed by atoms with Gasteiger partial charge in [-0.05, 0) is 35.7 Å². The van der Waals surface area contributed by atoms with E-state index in [-0.39, 0.29) is 29.2 Å². The van der Waals surface area contributed by atoms with Gasteiger partial charge < -0.3 is 9.64 Å². The summed E-state index contributed by atoms with van der Waals surface area (Å²) < 4.78 is 28.8. The van der Waals surface area contributed by atoms with Crippen molar-refractivity contribution < 1.29 is 17.9 Å². The lowest BCUT2D eigenvalue weighted by Gasteiger charge is -2.23. The van der Waals surface area contributed by atoms with Gasteiger partial charge in [-0.2, -0.15) is 0 Å². The molecule has 3 aromatic rings. The van der Waals surface area contributed by atoms with Crippen molar-refractivity contribution in [2.75, 3.05) is 31.4 Å². The second-order valence-corrected chi connectivity index (χ2v) is 10.8. The quantitative estimate of drug-likeness (QED) is 0.527. The number of hydrogen-bond acceptors (Lipinski definition) is 6. The maximum atomic E-state index is 12.7. The molecule has 1 fully saturated rings. The fourth-order valence-corrected chi connectivity index (χ4v) is 6.38. The molecule has 0 radical (unpaired) electrons. The van der Waals surface area contributed by atoms with Gasteiger partial charge in [0.1, 0.15) is 5.75 Å². The Morgan fingerprint density at radius 3 is 2.65 bits per heavy atom. The van der Waals surface area contributed by atoms with E-state index in [4.69, 9.17) is 9.72 Å². The van der Waals surface area contributed by atoms with Gasteiger partial charge in [-0.25, -0.2) is 13.4 Å². The zero-order valence-electron chi connectivity index (χ0n) is 17.4. The number of nitrogens with zero attached hydrogens (tertiary/aromatic N) is 2. The summed E-state index contributed by atoms with van der Waals surface area (Å²) >= 11 is 1.36. The maximum Gasteiger partial charge on any atom is 0.233 e. The van der Waals surface area contributed by atoms with E-state index >= 15 is 0 Å². The summed E-state index contributed by atoms with van der Waals surface area (Å²) in [6.07, 6.45) is 0.501. The normalized spacial score (nSPS) is 17.5. The third-order valence-electron chi connectivity index (χ3n) is 5.57. The van der Waals surface area contributed by atoms with Crippen LogP contribution >= 0.6 is 11.8 Å². The Labute approximate surface area is 186 Å². The van der Waals surface area contributed by atoms with Crippen LogP contribution in [-0.4, -0.2) is 61.7 Å². The monoisotopic (exact) mass is 456 g/mol. The number of thioether (sulfide) groups is 1. The molecule has 0 bridgehead atoms. The molecule has 6 nitrogen and oxygen atoms in total. The third kappa shape index (κ3) is 4.85. The van der Waals surface area contributed by atoms with Gasteiger partial charge in [0.15, 0.2) is 9.84 Å². The fourth-order valence-electron chi connectivity index (χ4n) is 3.76. The van der Waals surface area contributed by atoms with Crippen LogP contribution in [0.3, 0.4) is 0 Å². The van der Waals surface area contributed by atoms with E-state index in [1.54, 1.807) is 19.1 Å². The summed E-state index contributed by atoms with van der Waals surface area (Å²) in [5.41, 5.74) is 2.91. The second-order valence-electron chi connectivity index (χ2n) is 7.61. The lowest BCUT2D eigenvalue weighted by Crippen LogP contribution is -2.38. The second kappa shape index (κ2) is 8.88. The average molecular weight is 457 g/mol. The van der Waals surface area contributed by atoms with Gasteiger partial charge in [0.25, 0.3) is 0 Å². The number of carbonyl (C=O) groups excluding carboxylic acids is 1. The first-order valence-corrected chi connectivity index (χ1v) is 12.8. The van der Waals surface area contributed by atoms with Crippen LogP contribution in [0.2, 0.25) is 0 Å². The maximum absolute atomic E-state index is 12.7. The van der Waals surface area contributed by atoms with Crippen LogP contribution in [0, 0.1) is 0 Å². The summed E-state index contributed by atoms with van der Waals surface area (Å²) in [4.78, 5) is 19.0. The molecule has 1 aliphatic heterocycles. The number of rotatable bonds is 6. The van der Waals surface area contributed by atoms with E-state index in [9.17, 15) is 13.2 Å². The van der Waals surface area contributed by atoms with E-state index in [1.807, 2.05) is 54.6 Å². The summed E-state index contributed by atoms with van der Waals surface area (Å²) in [5.74, 6) is 1.02. The number of pyridine rings is 1. The van der Waals surface area contributed by atoms with Crippen LogP contribution in [0.15, 0.2) is 59.6 Å². The Morgan fingerprint density at radius 2 is 1.97 bits per heavy atom. The predicted molar refractivity (Wildman–Crippen MR) is 124 cm³/mol. The number of ether oxygens (including phenoxy) is 1. The number of methoxy groups -OCH3 is 1. The molecule has 0 saturated carbocycles. The molecule has 2 aromatic carbocycles. The van der Waals surface area contributed by atoms with Gasteiger partial charge in [-0.3, -0.25) is 4.79 Å². The van der Waals surface area contributed by atoms with Gasteiger partial charge in [-0.15, -0.1) is 0 Å². The van der Waals surface area contributed by atoms with E-state index < -0.39 is 9.84 Å². The Bertz CT molecular complexity index is 1210. The van der Waals surface area contributed by atoms with Gasteiger partial charge >= 0.3 is 0 Å². The van der Waals surface area contributed by atoms with Crippen molar-refractivity contribution in [3.63, 3.8) is 0 Å². The minimum Gasteiger partial charge on any atom is -0.497 e. The predicted octanol–water partition coefficient (Wildman–Crippen LogP) is 3.65. The van der Waals surface area contributed by atoms with Gasteiger partial charge in [-0.1, -0.05) is 42.1 Å². The van der Waals surface area contributed by atoms with E-state index in [0.29, 0.717) is 6.42 Å². The molecule has 0 aliphatic carbocycles. The molecule has 0 spiro atoms. The molecule has 8 heteroatoms. The highest BCUT2D eigenvalue weighted by Gasteiger charge is 2.32. The first-order chi connectivity index (χ1) is 14.9. The largest absolute Gasteiger partial charge is 0.497 e. The number of hydrogen-bond donors (Lipinski definition) is 0. The standard InChI is InChI=1S/C23H24N2O4S2/c1-25(17-10-11-31(27,28)15-17)23(26)14-30-22-13-20(16-6-4-3-5-7-16)19-9-8-18(29-2)12-21(19)24-22/h3-9,12-13,17H,10-11,14-15H2,1-2H3/t17-/m0/s1. The van der Waals surface area contributed by atoms with Crippen molar-refractivity contribution in [3.05, 3.63) is 54.6 Å². The number of aromatic nitrogens is 1. The van der Waals surface area contributed by atoms with Crippen LogP contribution in [0.25, 0.3) is 22.0 Å². The van der Waals surface area contributed by atoms with Gasteiger partial charge in [0.05, 0.1) is 34.9 Å². The lowest BCUT2D eigenvalue weighted by atomic mass is 10.0. The zero-order valence-corrected chi connectivity index (χ0v) is 19.1. The van der Waals surface area contributed by atoms with Crippen molar-refractivity contribution in [2.45, 2.75) is 17.5 Å². The molecule has 2 heterocycles. The van der Waals surface area contributed by atoms with Crippen molar-refractivity contribution >= 4 is 38.4 Å². The average Bonchev–Trinajstić information content (AvgIpc) is 3.16. The highest BCUT2D eigenvalue weighted by atomic mass is 32.2. The van der Waals surface area contributed by atoms with Gasteiger partial charge in [0.2, 0.25) is 5.91 Å². The molecule has 4 rings (SSSR count). The lowest BCUT2D eigenvalue weighted by molar-refractivity contribution is -0.128. The van der Waals surface area contributed by atoms with E-state index in [2.05, 4.69) is 0 Å². The van der Waals surface area contributed by atoms with Gasteiger partial charge in [0, 0.05) is 24.5 Å². The zero-order chi connectivity index (χ0) is 22.0. The summed E-state index contributed by atoms with van der Waals surface area (Å²) in [6, 6.07) is 17.6. The Morgan fingerprint density at radius 1 is 1.19 bits per heavy atom. The van der Waals surface area contributed by atoms with Crippen LogP contribution in [0.1, 0.15) is 6.42 Å². The molecular weight excluding hydrogens is 432 g/mol. The molecule has 1 atom stereocenters. The van der Waals surface area contributed by atoms with Crippen molar-refractivity contribution in [1.82, 2.24) is 9.88 Å². The Hall–Kier alpha value is -2.58. The number of fused-ring (bicyclic) bond motifs is 1. The molecule has 162 valence electrons. The topological polar surface area (TPSA) is 76.6 Å². The fraction of sp³-hybridized carbons (Fsp3) is 0.304. The van der Waals surface area contributed by atoms with E-state index in [1.165, 1.54) is 11.8 Å². The number of sulfone groups is 1. The first kappa shape index (κ1) is 21.6. The number of carbonyl (C=O) groups is 1. The number of amides is 1. The Kier molecular flexibility index (Phi) is 6.20. The van der Waals surface area contributed by atoms with Crippen LogP contribution in [0.4, 0.5) is 0 Å². The smallest absolute Gasteiger partial charge is 0.233 e. The first-order valence-electron chi connectivity index (χ1n) is 9.99. The minimum absolute atomic E-state index is 0.0477. The molecule has 0 N–H and O–H groups in total. The molecule has 1 saturated heterocycles. The van der Waals surface area contributed by atoms with Crippen LogP contribution < -0.4 is 4.74 Å². The molecule has 0 unspecified atom stereocenters. The molecule has 1 aliphatic rings. The summed E-state index contributed by atoms with van der Waals surface area (Å²) in [6.45, 7) is 0. The van der Waals surface area contributed by atoms with Crippen molar-refractivity contribution in [3.8, 4) is 16.9 Å². The molecule has 1 amide bonds. The molecule has 1 aromatic heterocycles. The third-order valence-corrected chi connectivity index (χ3v) is 8.22. The SMILES string of the molecule is COc1ccc2c(-c3ccccc3)cc(SCC(=O)N(C)[C@H]3CCS(=O)(=O)C3)nc2c1. The van der Waals surface area contributed by atoms with Crippen LogP contribution in [0.5, 0.6) is 5.75 Å². The van der Waals surface area contributed by atoms with E-state index in [0.717, 1.165) is 32.8 Å².